The Morgan fingerprint density at radius 1 is 1.06 bits per heavy atom. The largest absolute Gasteiger partial charge is 0.481 e. The van der Waals surface area contributed by atoms with Crippen LogP contribution in [0.3, 0.4) is 0 Å². The molecular formula is C25H29N3O3. The number of carboxylic acids is 1. The van der Waals surface area contributed by atoms with Crippen LogP contribution in [0.5, 0.6) is 0 Å². The number of nitrogens with one attached hydrogen (secondary N) is 1. The van der Waals surface area contributed by atoms with Gasteiger partial charge >= 0.3 is 5.97 Å². The molecule has 1 fully saturated rings. The number of hydrogen-bond donors (Lipinski definition) is 2. The summed E-state index contributed by atoms with van der Waals surface area (Å²) in [5, 5.41) is 16.7. The molecule has 31 heavy (non-hydrogen) atoms. The van der Waals surface area contributed by atoms with Gasteiger partial charge in [0.05, 0.1) is 5.92 Å². The Morgan fingerprint density at radius 2 is 1.71 bits per heavy atom. The lowest BCUT2D eigenvalue weighted by Crippen LogP contribution is -2.45. The van der Waals surface area contributed by atoms with Crippen molar-refractivity contribution >= 4 is 5.97 Å². The van der Waals surface area contributed by atoms with Crippen molar-refractivity contribution in [1.29, 1.82) is 0 Å². The summed E-state index contributed by atoms with van der Waals surface area (Å²) in [5.41, 5.74) is 4.27. The van der Waals surface area contributed by atoms with E-state index < -0.39 is 5.97 Å². The zero-order valence-electron chi connectivity index (χ0n) is 18.2. The number of hydrogen-bond acceptors (Lipinski definition) is 5. The maximum atomic E-state index is 11.0. The highest BCUT2D eigenvalue weighted by Crippen LogP contribution is 2.30. The van der Waals surface area contributed by atoms with Crippen molar-refractivity contribution in [3.05, 3.63) is 59.7 Å². The molecule has 1 saturated carbocycles. The van der Waals surface area contributed by atoms with Crippen LogP contribution in [0.4, 0.5) is 0 Å². The van der Waals surface area contributed by atoms with Gasteiger partial charge in [-0.3, -0.25) is 4.79 Å². The van der Waals surface area contributed by atoms with Crippen LogP contribution in [-0.2, 0) is 11.2 Å². The van der Waals surface area contributed by atoms with Gasteiger partial charge in [-0.25, -0.2) is 0 Å². The molecule has 4 rings (SSSR count). The Hall–Kier alpha value is -2.99. The minimum absolute atomic E-state index is 0.152. The molecule has 1 aromatic heterocycles. The van der Waals surface area contributed by atoms with E-state index in [1.807, 2.05) is 24.3 Å². The highest BCUT2D eigenvalue weighted by Gasteiger charge is 2.34. The van der Waals surface area contributed by atoms with E-state index in [9.17, 15) is 4.79 Å². The molecule has 0 spiro atoms. The number of nitrogens with zero attached hydrogens (tertiary/aromatic N) is 2. The molecule has 6 heteroatoms. The molecule has 1 heterocycles. The first-order valence-electron chi connectivity index (χ1n) is 10.9. The summed E-state index contributed by atoms with van der Waals surface area (Å²) >= 11 is 0. The quantitative estimate of drug-likeness (QED) is 0.527. The van der Waals surface area contributed by atoms with Crippen LogP contribution in [0.1, 0.15) is 50.8 Å². The topological polar surface area (TPSA) is 88.2 Å². The van der Waals surface area contributed by atoms with Crippen molar-refractivity contribution in [1.82, 2.24) is 15.5 Å². The third kappa shape index (κ3) is 5.02. The van der Waals surface area contributed by atoms with Gasteiger partial charge in [0.25, 0.3) is 5.89 Å². The predicted molar refractivity (Wildman–Crippen MR) is 119 cm³/mol. The zero-order valence-corrected chi connectivity index (χ0v) is 18.2. The minimum atomic E-state index is -0.693. The molecular weight excluding hydrogens is 390 g/mol. The molecule has 2 aromatic carbocycles. The number of carbonyl (C=O) groups is 1. The van der Waals surface area contributed by atoms with Crippen LogP contribution >= 0.6 is 0 Å². The lowest BCUT2D eigenvalue weighted by molar-refractivity contribution is -0.145. The average molecular weight is 420 g/mol. The molecule has 1 atom stereocenters. The summed E-state index contributed by atoms with van der Waals surface area (Å²) in [5.74, 6) is 0.809. The molecule has 1 aliphatic rings. The molecule has 0 bridgehead atoms. The second kappa shape index (κ2) is 9.02. The van der Waals surface area contributed by atoms with Crippen LogP contribution in [0, 0.1) is 11.8 Å². The summed E-state index contributed by atoms with van der Waals surface area (Å²) in [7, 11) is 0. The molecule has 0 aliphatic heterocycles. The highest BCUT2D eigenvalue weighted by molar-refractivity contribution is 5.71. The molecule has 6 nitrogen and oxygen atoms in total. The predicted octanol–water partition coefficient (Wildman–Crippen LogP) is 5.12. The first-order valence-corrected chi connectivity index (χ1v) is 10.9. The second-order valence-electron chi connectivity index (χ2n) is 8.93. The van der Waals surface area contributed by atoms with Gasteiger partial charge in [-0.15, -0.1) is 0 Å². The van der Waals surface area contributed by atoms with Crippen molar-refractivity contribution in [2.24, 2.45) is 11.8 Å². The van der Waals surface area contributed by atoms with E-state index in [4.69, 9.17) is 9.63 Å². The Morgan fingerprint density at radius 3 is 2.32 bits per heavy atom. The van der Waals surface area contributed by atoms with E-state index >= 15 is 0 Å². The molecule has 0 unspecified atom stereocenters. The van der Waals surface area contributed by atoms with Crippen molar-refractivity contribution in [2.75, 3.05) is 0 Å². The van der Waals surface area contributed by atoms with Crippen LogP contribution < -0.4 is 5.32 Å². The molecule has 0 saturated heterocycles. The SMILES string of the molecule is CC(C)Cc1ccc(-c2nc(-c3ccc([C@H](C)N[C@H]4C[C@@H](C(=O)O)C4)cc3)no2)cc1. The smallest absolute Gasteiger partial charge is 0.306 e. The van der Waals surface area contributed by atoms with Gasteiger partial charge in [0.15, 0.2) is 0 Å². The number of rotatable bonds is 8. The maximum absolute atomic E-state index is 11.0. The fraction of sp³-hybridized carbons (Fsp3) is 0.400. The Bertz CT molecular complexity index is 1020. The van der Waals surface area contributed by atoms with Gasteiger partial charge in [-0.1, -0.05) is 55.4 Å². The van der Waals surface area contributed by atoms with Crippen LogP contribution in [0.15, 0.2) is 53.1 Å². The zero-order chi connectivity index (χ0) is 22.0. The first-order chi connectivity index (χ1) is 14.9. The lowest BCUT2D eigenvalue weighted by Gasteiger charge is -2.35. The number of aliphatic carboxylic acids is 1. The third-order valence-corrected chi connectivity index (χ3v) is 5.91. The van der Waals surface area contributed by atoms with Crippen LogP contribution in [-0.4, -0.2) is 27.3 Å². The van der Waals surface area contributed by atoms with Gasteiger partial charge in [0, 0.05) is 23.2 Å². The van der Waals surface area contributed by atoms with Gasteiger partial charge in [-0.05, 0) is 55.4 Å². The van der Waals surface area contributed by atoms with Gasteiger partial charge < -0.3 is 14.9 Å². The fourth-order valence-corrected chi connectivity index (χ4v) is 4.04. The van der Waals surface area contributed by atoms with Crippen LogP contribution in [0.2, 0.25) is 0 Å². The van der Waals surface area contributed by atoms with E-state index in [0.717, 1.165) is 23.1 Å². The van der Waals surface area contributed by atoms with E-state index in [0.29, 0.717) is 30.5 Å². The first kappa shape index (κ1) is 21.2. The van der Waals surface area contributed by atoms with Crippen molar-refractivity contribution in [3.8, 4) is 22.8 Å². The third-order valence-electron chi connectivity index (χ3n) is 5.91. The summed E-state index contributed by atoms with van der Waals surface area (Å²) in [6, 6.07) is 16.8. The van der Waals surface area contributed by atoms with Crippen LogP contribution in [0.25, 0.3) is 22.8 Å². The van der Waals surface area contributed by atoms with E-state index in [2.05, 4.69) is 60.5 Å². The molecule has 162 valence electrons. The Labute approximate surface area is 182 Å². The van der Waals surface area contributed by atoms with E-state index in [1.165, 1.54) is 5.56 Å². The Balaban J connectivity index is 1.38. The van der Waals surface area contributed by atoms with Gasteiger partial charge in [-0.2, -0.15) is 4.98 Å². The normalized spacial score (nSPS) is 19.2. The van der Waals surface area contributed by atoms with Gasteiger partial charge in [0.1, 0.15) is 0 Å². The lowest BCUT2D eigenvalue weighted by atomic mass is 9.80. The number of benzene rings is 2. The fourth-order valence-electron chi connectivity index (χ4n) is 4.04. The average Bonchev–Trinajstić information content (AvgIpc) is 3.20. The summed E-state index contributed by atoms with van der Waals surface area (Å²) < 4.78 is 5.49. The summed E-state index contributed by atoms with van der Waals surface area (Å²) in [6.45, 7) is 6.52. The van der Waals surface area contributed by atoms with Crippen molar-refractivity contribution in [3.63, 3.8) is 0 Å². The van der Waals surface area contributed by atoms with E-state index in [-0.39, 0.29) is 18.0 Å². The number of aromatic nitrogens is 2. The second-order valence-corrected chi connectivity index (χ2v) is 8.93. The highest BCUT2D eigenvalue weighted by atomic mass is 16.5. The van der Waals surface area contributed by atoms with E-state index in [1.54, 1.807) is 0 Å². The summed E-state index contributed by atoms with van der Waals surface area (Å²) in [4.78, 5) is 15.5. The Kier molecular flexibility index (Phi) is 6.18. The maximum Gasteiger partial charge on any atom is 0.306 e. The number of carboxylic acid groups (broad SMARTS) is 1. The molecule has 0 radical (unpaired) electrons. The summed E-state index contributed by atoms with van der Waals surface area (Å²) in [6.07, 6.45) is 2.44. The van der Waals surface area contributed by atoms with Crippen molar-refractivity contribution in [2.45, 2.75) is 52.1 Å². The van der Waals surface area contributed by atoms with Crippen molar-refractivity contribution < 1.29 is 14.4 Å². The molecule has 1 aliphatic carbocycles. The molecule has 2 N–H and O–H groups in total. The molecule has 0 amide bonds. The monoisotopic (exact) mass is 419 g/mol. The van der Waals surface area contributed by atoms with Gasteiger partial charge in [0.2, 0.25) is 5.82 Å². The standard InChI is InChI=1S/C25H29N3O3/c1-15(2)12-17-4-6-20(7-5-17)24-27-23(28-31-24)19-10-8-18(9-11-19)16(3)26-22-13-21(14-22)25(29)30/h4-11,15-16,21-22,26H,12-14H2,1-3H3,(H,29,30)/t16-,21-,22+/m0/s1. The minimum Gasteiger partial charge on any atom is -0.481 e. The molecule has 3 aromatic rings.